The number of benzene rings is 1. The highest BCUT2D eigenvalue weighted by molar-refractivity contribution is 7.96. The van der Waals surface area contributed by atoms with Crippen LogP contribution in [0.2, 0.25) is 0 Å². The number of amides is 1. The summed E-state index contributed by atoms with van der Waals surface area (Å²) in [5, 5.41) is -0.231. The molecule has 0 heterocycles. The molecule has 1 rings (SSSR count). The number of ether oxygens (including phenoxy) is 2. The van der Waals surface area contributed by atoms with Crippen LogP contribution in [-0.4, -0.2) is 38.0 Å². The average molecular weight is 255 g/mol. The molecule has 1 amide bonds. The highest BCUT2D eigenvalue weighted by Crippen LogP contribution is 2.27. The molecule has 0 aliphatic heterocycles. The van der Waals surface area contributed by atoms with Crippen molar-refractivity contribution in [2.45, 2.75) is 6.42 Å². The maximum absolute atomic E-state index is 10.9. The van der Waals surface area contributed by atoms with Gasteiger partial charge in [-0.1, -0.05) is 18.7 Å². The standard InChI is InChI=1S/C12H17NO3S/c1-13(12(14)17)7-6-9-4-5-10(15-2)11(8-9)16-3/h4-5,8H,6-7H2,1-3H3,(H,14,17). The molecule has 94 valence electrons. The number of hydrogen-bond acceptors (Lipinski definition) is 3. The molecule has 1 aromatic rings. The van der Waals surface area contributed by atoms with E-state index in [4.69, 9.17) is 9.47 Å². The lowest BCUT2D eigenvalue weighted by Crippen LogP contribution is -2.23. The topological polar surface area (TPSA) is 38.8 Å². The van der Waals surface area contributed by atoms with Crippen molar-refractivity contribution in [3.8, 4) is 11.5 Å². The summed E-state index contributed by atoms with van der Waals surface area (Å²) in [6, 6.07) is 5.73. The fraction of sp³-hybridized carbons (Fsp3) is 0.417. The summed E-state index contributed by atoms with van der Waals surface area (Å²) in [7, 11) is 4.92. The summed E-state index contributed by atoms with van der Waals surface area (Å²) in [5.74, 6) is 1.40. The monoisotopic (exact) mass is 255 g/mol. The van der Waals surface area contributed by atoms with Crippen LogP contribution in [-0.2, 0) is 6.42 Å². The van der Waals surface area contributed by atoms with Gasteiger partial charge in [-0.2, -0.15) is 0 Å². The fourth-order valence-electron chi connectivity index (χ4n) is 1.43. The van der Waals surface area contributed by atoms with Crippen LogP contribution in [0.3, 0.4) is 0 Å². The molecule has 5 heteroatoms. The first-order valence-corrected chi connectivity index (χ1v) is 5.68. The lowest BCUT2D eigenvalue weighted by molar-refractivity contribution is 0.234. The van der Waals surface area contributed by atoms with Gasteiger partial charge in [0.1, 0.15) is 0 Å². The molecule has 0 N–H and O–H groups in total. The Hall–Kier alpha value is -1.36. The Bertz CT molecular complexity index is 395. The Morgan fingerprint density at radius 3 is 2.47 bits per heavy atom. The van der Waals surface area contributed by atoms with Gasteiger partial charge in [0.05, 0.1) is 14.2 Å². The van der Waals surface area contributed by atoms with Gasteiger partial charge in [0, 0.05) is 13.6 Å². The third kappa shape index (κ3) is 3.85. The van der Waals surface area contributed by atoms with Crippen molar-refractivity contribution in [2.75, 3.05) is 27.8 Å². The van der Waals surface area contributed by atoms with Crippen LogP contribution in [0.25, 0.3) is 0 Å². The number of carbonyl (C=O) groups is 1. The first-order chi connectivity index (χ1) is 8.08. The second-order valence-electron chi connectivity index (χ2n) is 3.64. The summed E-state index contributed by atoms with van der Waals surface area (Å²) in [4.78, 5) is 12.5. The summed E-state index contributed by atoms with van der Waals surface area (Å²) < 4.78 is 10.4. The van der Waals surface area contributed by atoms with Crippen LogP contribution in [0, 0.1) is 0 Å². The van der Waals surface area contributed by atoms with Crippen molar-refractivity contribution in [1.82, 2.24) is 4.90 Å². The zero-order chi connectivity index (χ0) is 12.8. The van der Waals surface area contributed by atoms with Crippen LogP contribution < -0.4 is 9.47 Å². The molecule has 0 aliphatic carbocycles. The molecule has 0 spiro atoms. The fourth-order valence-corrected chi connectivity index (χ4v) is 1.53. The maximum Gasteiger partial charge on any atom is 0.278 e. The number of carbonyl (C=O) groups excluding carboxylic acids is 1. The number of nitrogens with zero attached hydrogens (tertiary/aromatic N) is 1. The predicted octanol–water partition coefficient (Wildman–Crippen LogP) is 2.23. The summed E-state index contributed by atoms with van der Waals surface area (Å²) in [6.07, 6.45) is 0.753. The van der Waals surface area contributed by atoms with E-state index in [0.717, 1.165) is 12.0 Å². The van der Waals surface area contributed by atoms with Crippen molar-refractivity contribution in [1.29, 1.82) is 0 Å². The second kappa shape index (κ2) is 6.39. The predicted molar refractivity (Wildman–Crippen MR) is 70.3 cm³/mol. The minimum absolute atomic E-state index is 0.231. The lowest BCUT2D eigenvalue weighted by atomic mass is 10.1. The van der Waals surface area contributed by atoms with E-state index < -0.39 is 0 Å². The van der Waals surface area contributed by atoms with E-state index in [9.17, 15) is 4.79 Å². The molecule has 0 unspecified atom stereocenters. The van der Waals surface area contributed by atoms with Gasteiger partial charge in [0.25, 0.3) is 5.24 Å². The smallest absolute Gasteiger partial charge is 0.278 e. The molecule has 4 nitrogen and oxygen atoms in total. The third-order valence-electron chi connectivity index (χ3n) is 2.51. The van der Waals surface area contributed by atoms with Crippen molar-refractivity contribution in [3.63, 3.8) is 0 Å². The zero-order valence-corrected chi connectivity index (χ0v) is 11.2. The van der Waals surface area contributed by atoms with Crippen LogP contribution >= 0.6 is 12.6 Å². The van der Waals surface area contributed by atoms with E-state index in [1.165, 1.54) is 0 Å². The van der Waals surface area contributed by atoms with Gasteiger partial charge in [-0.25, -0.2) is 0 Å². The van der Waals surface area contributed by atoms with Gasteiger partial charge >= 0.3 is 0 Å². The number of thiol groups is 1. The molecule has 0 atom stereocenters. The largest absolute Gasteiger partial charge is 0.493 e. The SMILES string of the molecule is COc1ccc(CCN(C)C(=O)S)cc1OC. The van der Waals surface area contributed by atoms with Crippen LogP contribution in [0.4, 0.5) is 4.79 Å². The van der Waals surface area contributed by atoms with Crippen LogP contribution in [0.5, 0.6) is 11.5 Å². The molecule has 0 aromatic heterocycles. The Balaban J connectivity index is 2.69. The van der Waals surface area contributed by atoms with Crippen LogP contribution in [0.1, 0.15) is 5.56 Å². The minimum Gasteiger partial charge on any atom is -0.493 e. The maximum atomic E-state index is 10.9. The summed E-state index contributed by atoms with van der Waals surface area (Å²) >= 11 is 3.75. The molecule has 0 saturated heterocycles. The van der Waals surface area contributed by atoms with E-state index >= 15 is 0 Å². The van der Waals surface area contributed by atoms with Gasteiger partial charge < -0.3 is 14.4 Å². The Labute approximate surface area is 107 Å². The van der Waals surface area contributed by atoms with E-state index in [1.54, 1.807) is 26.2 Å². The van der Waals surface area contributed by atoms with Gasteiger partial charge in [-0.15, -0.1) is 0 Å². The molecule has 17 heavy (non-hydrogen) atoms. The van der Waals surface area contributed by atoms with Gasteiger partial charge in [-0.05, 0) is 24.1 Å². The van der Waals surface area contributed by atoms with E-state index in [1.807, 2.05) is 18.2 Å². The number of rotatable bonds is 5. The number of hydrogen-bond donors (Lipinski definition) is 1. The van der Waals surface area contributed by atoms with E-state index in [2.05, 4.69) is 12.6 Å². The van der Waals surface area contributed by atoms with E-state index in [0.29, 0.717) is 18.0 Å². The molecule has 0 saturated carbocycles. The minimum atomic E-state index is -0.231. The summed E-state index contributed by atoms with van der Waals surface area (Å²) in [6.45, 7) is 0.623. The zero-order valence-electron chi connectivity index (χ0n) is 10.3. The molecule has 0 bridgehead atoms. The number of likely N-dealkylation sites (N-methyl/N-ethyl adjacent to an activating group) is 1. The first-order valence-electron chi connectivity index (χ1n) is 5.23. The first kappa shape index (κ1) is 13.7. The van der Waals surface area contributed by atoms with Crippen molar-refractivity contribution in [3.05, 3.63) is 23.8 Å². The Morgan fingerprint density at radius 1 is 1.29 bits per heavy atom. The van der Waals surface area contributed by atoms with Crippen molar-refractivity contribution in [2.24, 2.45) is 0 Å². The molecule has 0 radical (unpaired) electrons. The summed E-state index contributed by atoms with van der Waals surface area (Å²) in [5.41, 5.74) is 1.09. The molecule has 1 aromatic carbocycles. The Morgan fingerprint density at radius 2 is 1.94 bits per heavy atom. The number of methoxy groups -OCH3 is 2. The quantitative estimate of drug-likeness (QED) is 0.820. The van der Waals surface area contributed by atoms with Gasteiger partial charge in [0.15, 0.2) is 11.5 Å². The van der Waals surface area contributed by atoms with Crippen LogP contribution in [0.15, 0.2) is 18.2 Å². The normalized spacial score (nSPS) is 9.88. The van der Waals surface area contributed by atoms with Crippen molar-refractivity contribution >= 4 is 17.9 Å². The molecule has 0 aliphatic rings. The van der Waals surface area contributed by atoms with Crippen molar-refractivity contribution < 1.29 is 14.3 Å². The third-order valence-corrected chi connectivity index (χ3v) is 2.85. The highest BCUT2D eigenvalue weighted by Gasteiger charge is 2.07. The van der Waals surface area contributed by atoms with Gasteiger partial charge in [-0.3, -0.25) is 4.79 Å². The van der Waals surface area contributed by atoms with E-state index in [-0.39, 0.29) is 5.24 Å². The Kier molecular flexibility index (Phi) is 5.15. The molecular formula is C12H17NO3S. The molecular weight excluding hydrogens is 238 g/mol. The van der Waals surface area contributed by atoms with Gasteiger partial charge in [0.2, 0.25) is 0 Å². The average Bonchev–Trinajstić information content (AvgIpc) is 2.35. The molecule has 0 fully saturated rings. The lowest BCUT2D eigenvalue weighted by Gasteiger charge is -2.14. The second-order valence-corrected chi connectivity index (χ2v) is 4.03. The highest BCUT2D eigenvalue weighted by atomic mass is 32.1.